The minimum absolute atomic E-state index is 0.243. The summed E-state index contributed by atoms with van der Waals surface area (Å²) in [5, 5.41) is 6.25. The summed E-state index contributed by atoms with van der Waals surface area (Å²) in [6, 6.07) is 12.2. The topological polar surface area (TPSA) is 120 Å². The van der Waals surface area contributed by atoms with Crippen LogP contribution in [0.1, 0.15) is 5.56 Å². The van der Waals surface area contributed by atoms with Crippen LogP contribution in [0.5, 0.6) is 0 Å². The van der Waals surface area contributed by atoms with E-state index in [1.54, 1.807) is 30.3 Å². The lowest BCUT2D eigenvalue weighted by molar-refractivity contribution is 0.251. The van der Waals surface area contributed by atoms with Crippen molar-refractivity contribution in [3.63, 3.8) is 0 Å². The molecule has 0 radical (unpaired) electrons. The number of amides is 1. The van der Waals surface area contributed by atoms with Gasteiger partial charge in [-0.25, -0.2) is 13.2 Å². The van der Waals surface area contributed by atoms with E-state index in [1.807, 2.05) is 0 Å². The van der Waals surface area contributed by atoms with Crippen LogP contribution in [0.25, 0.3) is 0 Å². The van der Waals surface area contributed by atoms with Crippen LogP contribution in [0.15, 0.2) is 53.7 Å². The number of rotatable bonds is 4. The van der Waals surface area contributed by atoms with E-state index < -0.39 is 21.0 Å². The highest BCUT2D eigenvalue weighted by Crippen LogP contribution is 2.25. The molecule has 0 spiro atoms. The van der Waals surface area contributed by atoms with E-state index >= 15 is 0 Å². The molecule has 1 heterocycles. The molecule has 0 atom stereocenters. The van der Waals surface area contributed by atoms with Gasteiger partial charge in [0.2, 0.25) is 15.8 Å². The maximum atomic E-state index is 12.5. The molecule has 11 heteroatoms. The Kier molecular flexibility index (Phi) is 5.36. The normalized spacial score (nSPS) is 11.3. The molecule has 3 N–H and O–H groups in total. The first-order valence-electron chi connectivity index (χ1n) is 7.52. The second kappa shape index (κ2) is 7.55. The minimum atomic E-state index is -3.88. The van der Waals surface area contributed by atoms with Crippen molar-refractivity contribution in [1.82, 2.24) is 14.8 Å². The number of nitrogen functional groups attached to an aromatic ring is 1. The van der Waals surface area contributed by atoms with Crippen molar-refractivity contribution < 1.29 is 13.2 Å². The molecule has 1 amide bonds. The van der Waals surface area contributed by atoms with Gasteiger partial charge in [-0.15, -0.1) is 9.78 Å². The van der Waals surface area contributed by atoms with E-state index in [-0.39, 0.29) is 16.7 Å². The summed E-state index contributed by atoms with van der Waals surface area (Å²) < 4.78 is 25.6. The second-order valence-corrected chi connectivity index (χ2v) is 8.17. The third kappa shape index (κ3) is 4.38. The van der Waals surface area contributed by atoms with Crippen LogP contribution in [-0.2, 0) is 15.6 Å². The number of nitrogens with one attached hydrogen (secondary N) is 1. The number of halogens is 2. The van der Waals surface area contributed by atoms with Crippen molar-refractivity contribution >= 4 is 50.7 Å². The molecular formula is C16H13Cl2N5O3S. The van der Waals surface area contributed by atoms with Crippen molar-refractivity contribution in [3.8, 4) is 0 Å². The zero-order valence-electron chi connectivity index (χ0n) is 13.6. The molecular weight excluding hydrogens is 413 g/mol. The zero-order valence-corrected chi connectivity index (χ0v) is 16.0. The molecule has 0 saturated heterocycles. The fourth-order valence-electron chi connectivity index (χ4n) is 2.19. The highest BCUT2D eigenvalue weighted by atomic mass is 35.5. The lowest BCUT2D eigenvalue weighted by Crippen LogP contribution is -2.22. The number of aromatic nitrogens is 3. The lowest BCUT2D eigenvalue weighted by Gasteiger charge is -2.06. The number of nitrogens with zero attached hydrogens (tertiary/aromatic N) is 3. The van der Waals surface area contributed by atoms with Gasteiger partial charge in [-0.05, 0) is 23.8 Å². The van der Waals surface area contributed by atoms with E-state index in [2.05, 4.69) is 15.4 Å². The van der Waals surface area contributed by atoms with Gasteiger partial charge in [-0.1, -0.05) is 53.5 Å². The van der Waals surface area contributed by atoms with Gasteiger partial charge in [0.25, 0.3) is 5.16 Å². The number of anilines is 2. The molecule has 3 aromatic rings. The summed E-state index contributed by atoms with van der Waals surface area (Å²) in [4.78, 5) is 16.0. The molecule has 0 aliphatic carbocycles. The van der Waals surface area contributed by atoms with Crippen molar-refractivity contribution in [1.29, 1.82) is 0 Å². The first kappa shape index (κ1) is 19.2. The first-order valence-corrected chi connectivity index (χ1v) is 9.93. The molecule has 140 valence electrons. The van der Waals surface area contributed by atoms with Crippen molar-refractivity contribution in [2.45, 2.75) is 10.9 Å². The highest BCUT2D eigenvalue weighted by molar-refractivity contribution is 7.90. The monoisotopic (exact) mass is 425 g/mol. The Morgan fingerprint density at radius 1 is 1.11 bits per heavy atom. The molecule has 0 bridgehead atoms. The summed E-state index contributed by atoms with van der Waals surface area (Å²) in [6.45, 7) is 0. The van der Waals surface area contributed by atoms with Gasteiger partial charge < -0.3 is 11.1 Å². The van der Waals surface area contributed by atoms with Crippen molar-refractivity contribution in [2.75, 3.05) is 11.1 Å². The van der Waals surface area contributed by atoms with Crippen LogP contribution in [0, 0.1) is 0 Å². The van der Waals surface area contributed by atoms with Gasteiger partial charge in [0.15, 0.2) is 0 Å². The van der Waals surface area contributed by atoms with Crippen LogP contribution in [-0.4, -0.2) is 29.2 Å². The third-order valence-electron chi connectivity index (χ3n) is 3.45. The second-order valence-electron chi connectivity index (χ2n) is 5.47. The summed E-state index contributed by atoms with van der Waals surface area (Å²) in [5.41, 5.74) is 6.55. The molecule has 2 aromatic carbocycles. The molecule has 0 fully saturated rings. The van der Waals surface area contributed by atoms with Crippen LogP contribution >= 0.6 is 23.2 Å². The number of hydrogen-bond acceptors (Lipinski definition) is 6. The number of carbonyl (C=O) groups is 1. The molecule has 3 rings (SSSR count). The van der Waals surface area contributed by atoms with Gasteiger partial charge >= 0.3 is 6.03 Å². The van der Waals surface area contributed by atoms with E-state index in [4.69, 9.17) is 28.9 Å². The Labute approximate surface area is 164 Å². The summed E-state index contributed by atoms with van der Waals surface area (Å²) in [5.74, 6) is -0.676. The predicted molar refractivity (Wildman–Crippen MR) is 103 cm³/mol. The molecule has 0 aliphatic rings. The van der Waals surface area contributed by atoms with Crippen LogP contribution in [0.3, 0.4) is 0 Å². The van der Waals surface area contributed by atoms with Gasteiger partial charge in [0, 0.05) is 5.69 Å². The van der Waals surface area contributed by atoms with E-state index in [9.17, 15) is 13.2 Å². The average molecular weight is 426 g/mol. The van der Waals surface area contributed by atoms with E-state index in [0.29, 0.717) is 21.0 Å². The van der Waals surface area contributed by atoms with E-state index in [0.717, 1.165) is 0 Å². The largest absolute Gasteiger partial charge is 0.368 e. The van der Waals surface area contributed by atoms with Gasteiger partial charge in [0.1, 0.15) is 0 Å². The average Bonchev–Trinajstić information content (AvgIpc) is 3.02. The molecule has 27 heavy (non-hydrogen) atoms. The standard InChI is InChI=1S/C16H13Cl2N5O3S/c17-12-7-6-11(8-13(12)18)20-16(24)23-14(19)21-15(22-23)27(25,26)9-10-4-2-1-3-5-10/h1-8H,9H2,(H,20,24)(H2,19,21,22). The Morgan fingerprint density at radius 3 is 2.48 bits per heavy atom. The summed E-state index contributed by atoms with van der Waals surface area (Å²) >= 11 is 11.7. The summed E-state index contributed by atoms with van der Waals surface area (Å²) in [6.07, 6.45) is 0. The van der Waals surface area contributed by atoms with Crippen molar-refractivity contribution in [3.05, 3.63) is 64.1 Å². The first-order chi connectivity index (χ1) is 12.8. The molecule has 1 aromatic heterocycles. The maximum Gasteiger partial charge on any atom is 0.349 e. The minimum Gasteiger partial charge on any atom is -0.368 e. The quantitative estimate of drug-likeness (QED) is 0.661. The smallest absolute Gasteiger partial charge is 0.349 e. The van der Waals surface area contributed by atoms with Crippen LogP contribution in [0.2, 0.25) is 10.0 Å². The lowest BCUT2D eigenvalue weighted by atomic mass is 10.2. The Bertz CT molecular complexity index is 1100. The fourth-order valence-corrected chi connectivity index (χ4v) is 3.69. The van der Waals surface area contributed by atoms with Gasteiger partial charge in [0.05, 0.1) is 15.8 Å². The SMILES string of the molecule is Nc1nc(S(=O)(=O)Cc2ccccc2)nn1C(=O)Nc1ccc(Cl)c(Cl)c1. The Morgan fingerprint density at radius 2 is 1.81 bits per heavy atom. The number of carbonyl (C=O) groups excluding carboxylic acids is 1. The zero-order chi connectivity index (χ0) is 19.6. The maximum absolute atomic E-state index is 12.5. The molecule has 8 nitrogen and oxygen atoms in total. The fraction of sp³-hybridized carbons (Fsp3) is 0.0625. The Balaban J connectivity index is 1.83. The summed E-state index contributed by atoms with van der Waals surface area (Å²) in [7, 11) is -3.88. The molecule has 0 aliphatic heterocycles. The molecule has 0 unspecified atom stereocenters. The van der Waals surface area contributed by atoms with E-state index in [1.165, 1.54) is 18.2 Å². The number of hydrogen-bond donors (Lipinski definition) is 2. The highest BCUT2D eigenvalue weighted by Gasteiger charge is 2.24. The van der Waals surface area contributed by atoms with Crippen LogP contribution in [0.4, 0.5) is 16.4 Å². The Hall–Kier alpha value is -2.62. The van der Waals surface area contributed by atoms with Gasteiger partial charge in [-0.3, -0.25) is 0 Å². The predicted octanol–water partition coefficient (Wildman–Crippen LogP) is 3.22. The van der Waals surface area contributed by atoms with Crippen molar-refractivity contribution in [2.24, 2.45) is 0 Å². The number of benzene rings is 2. The van der Waals surface area contributed by atoms with Crippen LogP contribution < -0.4 is 11.1 Å². The molecule has 0 saturated carbocycles. The number of sulfone groups is 1. The van der Waals surface area contributed by atoms with Gasteiger partial charge in [-0.2, -0.15) is 4.98 Å². The third-order valence-corrected chi connectivity index (χ3v) is 5.64. The number of nitrogens with two attached hydrogens (primary N) is 1.